The standard InChI is InChI=1S/C25H29FN6O3/c1-15(2)19-9-10-20(28-25(19)35-3)23(16-7-5-4-6-8-16)29-24(34)21-11-17(26)14-32(21)22(33)12-18-13-27-31-30-18/h4-10,13,15,17,21,23H,11-12,14H2,1-3H3,(H,29,34)(H,27,30,31)/t17-,21+,23+/m1/s1. The summed E-state index contributed by atoms with van der Waals surface area (Å²) in [6.45, 7) is 3.96. The number of H-pyrrole nitrogens is 1. The molecule has 3 atom stereocenters. The first-order valence-corrected chi connectivity index (χ1v) is 11.6. The summed E-state index contributed by atoms with van der Waals surface area (Å²) < 4.78 is 19.9. The lowest BCUT2D eigenvalue weighted by Gasteiger charge is -2.27. The van der Waals surface area contributed by atoms with E-state index in [-0.39, 0.29) is 31.2 Å². The van der Waals surface area contributed by atoms with E-state index in [9.17, 15) is 14.0 Å². The molecule has 184 valence electrons. The lowest BCUT2D eigenvalue weighted by Crippen LogP contribution is -2.47. The number of alkyl halides is 1. The number of ether oxygens (including phenoxy) is 1. The summed E-state index contributed by atoms with van der Waals surface area (Å²) in [6, 6.07) is 11.6. The van der Waals surface area contributed by atoms with Crippen molar-refractivity contribution >= 4 is 11.8 Å². The van der Waals surface area contributed by atoms with Gasteiger partial charge in [0.25, 0.3) is 0 Å². The van der Waals surface area contributed by atoms with Gasteiger partial charge in [0.05, 0.1) is 43.7 Å². The maximum absolute atomic E-state index is 14.4. The fourth-order valence-corrected chi connectivity index (χ4v) is 4.32. The van der Waals surface area contributed by atoms with Crippen molar-refractivity contribution in [3.8, 4) is 5.88 Å². The number of nitrogens with zero attached hydrogens (tertiary/aromatic N) is 4. The van der Waals surface area contributed by atoms with Gasteiger partial charge in [0.1, 0.15) is 12.2 Å². The van der Waals surface area contributed by atoms with Gasteiger partial charge in [-0.1, -0.05) is 50.2 Å². The Morgan fingerprint density at radius 1 is 1.23 bits per heavy atom. The van der Waals surface area contributed by atoms with E-state index in [0.717, 1.165) is 11.1 Å². The van der Waals surface area contributed by atoms with Crippen molar-refractivity contribution in [2.24, 2.45) is 0 Å². The molecular formula is C25H29FN6O3. The first-order chi connectivity index (χ1) is 16.9. The normalized spacial score (nSPS) is 18.5. The van der Waals surface area contributed by atoms with E-state index in [4.69, 9.17) is 4.74 Å². The van der Waals surface area contributed by atoms with Crippen LogP contribution >= 0.6 is 0 Å². The molecule has 3 aromatic rings. The molecular weight excluding hydrogens is 451 g/mol. The summed E-state index contributed by atoms with van der Waals surface area (Å²) in [5.74, 6) is -0.125. The molecule has 1 aliphatic heterocycles. The fraction of sp³-hybridized carbons (Fsp3) is 0.400. The van der Waals surface area contributed by atoms with Gasteiger partial charge in [-0.05, 0) is 17.5 Å². The topological polar surface area (TPSA) is 113 Å². The fourth-order valence-electron chi connectivity index (χ4n) is 4.32. The summed E-state index contributed by atoms with van der Waals surface area (Å²) in [6.07, 6.45) is 0.0120. The van der Waals surface area contributed by atoms with Gasteiger partial charge < -0.3 is 15.0 Å². The van der Waals surface area contributed by atoms with Gasteiger partial charge in [-0.15, -0.1) is 0 Å². The van der Waals surface area contributed by atoms with E-state index in [1.54, 1.807) is 7.11 Å². The zero-order chi connectivity index (χ0) is 24.9. The summed E-state index contributed by atoms with van der Waals surface area (Å²) in [5.41, 5.74) is 2.78. The molecule has 1 fully saturated rings. The van der Waals surface area contributed by atoms with Crippen LogP contribution < -0.4 is 10.1 Å². The Kier molecular flexibility index (Phi) is 7.38. The summed E-state index contributed by atoms with van der Waals surface area (Å²) in [5, 5.41) is 13.0. The summed E-state index contributed by atoms with van der Waals surface area (Å²) >= 11 is 0. The van der Waals surface area contributed by atoms with Crippen molar-refractivity contribution in [1.82, 2.24) is 30.6 Å². The van der Waals surface area contributed by atoms with E-state index in [2.05, 4.69) is 25.7 Å². The molecule has 3 heterocycles. The number of likely N-dealkylation sites (tertiary alicyclic amines) is 1. The maximum Gasteiger partial charge on any atom is 0.243 e. The van der Waals surface area contributed by atoms with Crippen molar-refractivity contribution in [3.63, 3.8) is 0 Å². The minimum atomic E-state index is -1.29. The van der Waals surface area contributed by atoms with Gasteiger partial charge >= 0.3 is 0 Å². The molecule has 2 N–H and O–H groups in total. The number of hydrogen-bond acceptors (Lipinski definition) is 6. The van der Waals surface area contributed by atoms with E-state index in [1.807, 2.05) is 56.3 Å². The average molecular weight is 481 g/mol. The zero-order valence-electron chi connectivity index (χ0n) is 19.9. The number of nitrogens with one attached hydrogen (secondary N) is 2. The van der Waals surface area contributed by atoms with Crippen LogP contribution in [0.4, 0.5) is 4.39 Å². The molecule has 0 bridgehead atoms. The molecule has 10 heteroatoms. The van der Waals surface area contributed by atoms with Crippen LogP contribution in [0.15, 0.2) is 48.7 Å². The van der Waals surface area contributed by atoms with E-state index in [0.29, 0.717) is 17.3 Å². The van der Waals surface area contributed by atoms with E-state index < -0.39 is 24.2 Å². The molecule has 35 heavy (non-hydrogen) atoms. The number of halogens is 1. The van der Waals surface area contributed by atoms with Crippen LogP contribution in [-0.4, -0.2) is 63.0 Å². The highest BCUT2D eigenvalue weighted by molar-refractivity contribution is 5.89. The third-order valence-electron chi connectivity index (χ3n) is 6.11. The second kappa shape index (κ2) is 10.6. The number of carbonyl (C=O) groups is 2. The Morgan fingerprint density at radius 3 is 2.66 bits per heavy atom. The number of rotatable bonds is 8. The first kappa shape index (κ1) is 24.3. The minimum Gasteiger partial charge on any atom is -0.481 e. The maximum atomic E-state index is 14.4. The summed E-state index contributed by atoms with van der Waals surface area (Å²) in [7, 11) is 1.56. The monoisotopic (exact) mass is 480 g/mol. The first-order valence-electron chi connectivity index (χ1n) is 11.6. The Bertz CT molecular complexity index is 1160. The van der Waals surface area contributed by atoms with Gasteiger partial charge in [-0.3, -0.25) is 9.59 Å². The van der Waals surface area contributed by atoms with Crippen LogP contribution in [0.1, 0.15) is 54.7 Å². The van der Waals surface area contributed by atoms with Crippen LogP contribution in [0, 0.1) is 0 Å². The number of hydrogen-bond donors (Lipinski definition) is 2. The average Bonchev–Trinajstić information content (AvgIpc) is 3.52. The highest BCUT2D eigenvalue weighted by Crippen LogP contribution is 2.29. The van der Waals surface area contributed by atoms with Crippen LogP contribution in [-0.2, 0) is 16.0 Å². The lowest BCUT2D eigenvalue weighted by molar-refractivity contribution is -0.138. The molecule has 0 radical (unpaired) electrons. The van der Waals surface area contributed by atoms with Gasteiger partial charge in [0.15, 0.2) is 0 Å². The third kappa shape index (κ3) is 5.47. The van der Waals surface area contributed by atoms with Crippen molar-refractivity contribution in [1.29, 1.82) is 0 Å². The molecule has 2 amide bonds. The van der Waals surface area contributed by atoms with Gasteiger partial charge in [-0.2, -0.15) is 15.4 Å². The summed E-state index contributed by atoms with van der Waals surface area (Å²) in [4.78, 5) is 32.2. The molecule has 1 aliphatic rings. The quantitative estimate of drug-likeness (QED) is 0.513. The van der Waals surface area contributed by atoms with Gasteiger partial charge in [-0.25, -0.2) is 9.37 Å². The van der Waals surface area contributed by atoms with Crippen LogP contribution in [0.5, 0.6) is 5.88 Å². The molecule has 0 unspecified atom stereocenters. The number of aromatic amines is 1. The molecule has 1 aromatic carbocycles. The largest absolute Gasteiger partial charge is 0.481 e. The minimum absolute atomic E-state index is 0.0649. The van der Waals surface area contributed by atoms with Crippen LogP contribution in [0.3, 0.4) is 0 Å². The molecule has 2 aromatic heterocycles. The SMILES string of the molecule is COc1nc([C@@H](NC(=O)[C@@H]2C[C@@H](F)CN2C(=O)Cc2cn[nH]n2)c2ccccc2)ccc1C(C)C. The predicted octanol–water partition coefficient (Wildman–Crippen LogP) is 2.72. The van der Waals surface area contributed by atoms with Crippen molar-refractivity contribution < 1.29 is 18.7 Å². The third-order valence-corrected chi connectivity index (χ3v) is 6.11. The zero-order valence-corrected chi connectivity index (χ0v) is 19.9. The van der Waals surface area contributed by atoms with Gasteiger partial charge in [0, 0.05) is 12.0 Å². The van der Waals surface area contributed by atoms with Crippen LogP contribution in [0.25, 0.3) is 0 Å². The van der Waals surface area contributed by atoms with Crippen LogP contribution in [0.2, 0.25) is 0 Å². The second-order valence-corrected chi connectivity index (χ2v) is 8.87. The lowest BCUT2D eigenvalue weighted by atomic mass is 9.99. The molecule has 9 nitrogen and oxygen atoms in total. The number of methoxy groups -OCH3 is 1. The smallest absolute Gasteiger partial charge is 0.243 e. The Labute approximate surface area is 203 Å². The highest BCUT2D eigenvalue weighted by atomic mass is 19.1. The number of aromatic nitrogens is 4. The molecule has 0 spiro atoms. The Hall–Kier alpha value is -3.82. The van der Waals surface area contributed by atoms with Crippen molar-refractivity contribution in [2.45, 2.75) is 50.9 Å². The molecule has 0 saturated carbocycles. The highest BCUT2D eigenvalue weighted by Gasteiger charge is 2.40. The number of amides is 2. The Morgan fingerprint density at radius 2 is 2.00 bits per heavy atom. The van der Waals surface area contributed by atoms with Crippen molar-refractivity contribution in [3.05, 3.63) is 71.2 Å². The van der Waals surface area contributed by atoms with Gasteiger partial charge in [0.2, 0.25) is 17.7 Å². The second-order valence-electron chi connectivity index (χ2n) is 8.87. The predicted molar refractivity (Wildman–Crippen MR) is 126 cm³/mol. The number of carbonyl (C=O) groups excluding carboxylic acids is 2. The van der Waals surface area contributed by atoms with E-state index >= 15 is 0 Å². The molecule has 0 aliphatic carbocycles. The van der Waals surface area contributed by atoms with Crippen molar-refractivity contribution in [2.75, 3.05) is 13.7 Å². The molecule has 1 saturated heterocycles. The number of benzene rings is 1. The van der Waals surface area contributed by atoms with E-state index in [1.165, 1.54) is 11.1 Å². The Balaban J connectivity index is 1.60. The number of pyridine rings is 1. The molecule has 4 rings (SSSR count).